The largest absolute Gasteiger partial charge is 0.339 e. The SMILES string of the molecule is O=C(/C=C/c1cc(Cl)cc(Cl)c1)N1CCC2CN(C(=O)c3ccc4n[nH]nc4c3)CC2C1. The molecule has 0 radical (unpaired) electrons. The van der Waals surface area contributed by atoms with Crippen molar-refractivity contribution < 1.29 is 9.59 Å². The number of benzene rings is 2. The minimum absolute atomic E-state index is 0.0000858. The maximum atomic E-state index is 13.0. The van der Waals surface area contributed by atoms with E-state index < -0.39 is 0 Å². The number of hydrogen-bond donors (Lipinski definition) is 1. The molecule has 0 spiro atoms. The molecule has 2 atom stereocenters. The van der Waals surface area contributed by atoms with Crippen LogP contribution in [0.2, 0.25) is 10.0 Å². The molecule has 2 aromatic carbocycles. The fourth-order valence-electron chi connectivity index (χ4n) is 4.63. The van der Waals surface area contributed by atoms with Crippen molar-refractivity contribution in [1.82, 2.24) is 25.2 Å². The Morgan fingerprint density at radius 3 is 2.47 bits per heavy atom. The molecular weight excluding hydrogens is 449 g/mol. The third-order valence-corrected chi connectivity index (χ3v) is 6.70. The van der Waals surface area contributed by atoms with Crippen LogP contribution in [-0.4, -0.2) is 63.2 Å². The maximum Gasteiger partial charge on any atom is 0.253 e. The lowest BCUT2D eigenvalue weighted by molar-refractivity contribution is -0.128. The maximum absolute atomic E-state index is 13.0. The van der Waals surface area contributed by atoms with Gasteiger partial charge in [0.15, 0.2) is 0 Å². The number of aromatic amines is 1. The van der Waals surface area contributed by atoms with Gasteiger partial charge < -0.3 is 9.80 Å². The topological polar surface area (TPSA) is 82.2 Å². The van der Waals surface area contributed by atoms with Crippen LogP contribution in [0.1, 0.15) is 22.3 Å². The molecule has 2 aliphatic heterocycles. The van der Waals surface area contributed by atoms with Crippen LogP contribution < -0.4 is 0 Å². The monoisotopic (exact) mass is 469 g/mol. The molecular formula is C23H21Cl2N5O2. The Bertz CT molecular complexity index is 1200. The second-order valence-electron chi connectivity index (χ2n) is 8.37. The fraction of sp³-hybridized carbons (Fsp3) is 0.304. The lowest BCUT2D eigenvalue weighted by atomic mass is 9.88. The molecule has 7 nitrogen and oxygen atoms in total. The molecule has 0 bridgehead atoms. The van der Waals surface area contributed by atoms with Crippen LogP contribution in [0.25, 0.3) is 17.1 Å². The van der Waals surface area contributed by atoms with E-state index in [4.69, 9.17) is 23.2 Å². The Hall–Kier alpha value is -2.90. The van der Waals surface area contributed by atoms with Gasteiger partial charge in [0, 0.05) is 47.9 Å². The normalized spacial score (nSPS) is 20.8. The first-order valence-corrected chi connectivity index (χ1v) is 11.2. The molecule has 164 valence electrons. The van der Waals surface area contributed by atoms with Crippen LogP contribution in [0.3, 0.4) is 0 Å². The van der Waals surface area contributed by atoms with E-state index in [1.165, 1.54) is 0 Å². The zero-order valence-electron chi connectivity index (χ0n) is 17.2. The second-order valence-corrected chi connectivity index (χ2v) is 9.24. The van der Waals surface area contributed by atoms with Crippen molar-refractivity contribution in [3.8, 4) is 0 Å². The number of nitrogens with one attached hydrogen (secondary N) is 1. The van der Waals surface area contributed by atoms with Crippen molar-refractivity contribution in [1.29, 1.82) is 0 Å². The highest BCUT2D eigenvalue weighted by Gasteiger charge is 2.39. The number of carbonyl (C=O) groups is 2. The molecule has 2 amide bonds. The molecule has 9 heteroatoms. The number of carbonyl (C=O) groups excluding carboxylic acids is 2. The zero-order chi connectivity index (χ0) is 22.2. The number of nitrogens with zero attached hydrogens (tertiary/aromatic N) is 4. The van der Waals surface area contributed by atoms with E-state index in [9.17, 15) is 9.59 Å². The Kier molecular flexibility index (Phi) is 5.61. The molecule has 32 heavy (non-hydrogen) atoms. The number of H-pyrrole nitrogens is 1. The van der Waals surface area contributed by atoms with Crippen LogP contribution in [0.15, 0.2) is 42.5 Å². The number of aromatic nitrogens is 3. The molecule has 2 fully saturated rings. The molecule has 3 heterocycles. The predicted molar refractivity (Wildman–Crippen MR) is 123 cm³/mol. The molecule has 0 aliphatic carbocycles. The van der Waals surface area contributed by atoms with Crippen molar-refractivity contribution >= 4 is 52.1 Å². The van der Waals surface area contributed by atoms with Crippen LogP contribution >= 0.6 is 23.2 Å². The van der Waals surface area contributed by atoms with Gasteiger partial charge in [0.1, 0.15) is 11.0 Å². The summed E-state index contributed by atoms with van der Waals surface area (Å²) in [6, 6.07) is 10.5. The number of rotatable bonds is 3. The Morgan fingerprint density at radius 1 is 0.938 bits per heavy atom. The van der Waals surface area contributed by atoms with Gasteiger partial charge in [-0.05, 0) is 66.3 Å². The minimum Gasteiger partial charge on any atom is -0.339 e. The molecule has 3 aromatic rings. The van der Waals surface area contributed by atoms with Gasteiger partial charge in [0.25, 0.3) is 5.91 Å². The van der Waals surface area contributed by atoms with E-state index in [0.717, 1.165) is 24.0 Å². The van der Waals surface area contributed by atoms with E-state index >= 15 is 0 Å². The Balaban J connectivity index is 1.23. The summed E-state index contributed by atoms with van der Waals surface area (Å²) >= 11 is 12.1. The van der Waals surface area contributed by atoms with Crippen molar-refractivity contribution in [2.45, 2.75) is 6.42 Å². The average Bonchev–Trinajstić information content (AvgIpc) is 3.42. The number of fused-ring (bicyclic) bond motifs is 2. The van der Waals surface area contributed by atoms with Crippen molar-refractivity contribution in [3.63, 3.8) is 0 Å². The van der Waals surface area contributed by atoms with Gasteiger partial charge in [-0.15, -0.1) is 0 Å². The summed E-state index contributed by atoms with van der Waals surface area (Å²) in [6.07, 6.45) is 4.18. The van der Waals surface area contributed by atoms with Crippen LogP contribution in [0.4, 0.5) is 0 Å². The van der Waals surface area contributed by atoms with Crippen molar-refractivity contribution in [2.75, 3.05) is 26.2 Å². The number of amides is 2. The van der Waals surface area contributed by atoms with Crippen LogP contribution in [0, 0.1) is 11.8 Å². The van der Waals surface area contributed by atoms with E-state index in [0.29, 0.717) is 46.7 Å². The highest BCUT2D eigenvalue weighted by atomic mass is 35.5. The van der Waals surface area contributed by atoms with E-state index in [-0.39, 0.29) is 17.7 Å². The number of likely N-dealkylation sites (tertiary alicyclic amines) is 2. The minimum atomic E-state index is -0.0409. The first-order chi connectivity index (χ1) is 15.5. The zero-order valence-corrected chi connectivity index (χ0v) is 18.7. The van der Waals surface area contributed by atoms with Crippen molar-refractivity contribution in [3.05, 3.63) is 63.6 Å². The quantitative estimate of drug-likeness (QED) is 0.589. The summed E-state index contributed by atoms with van der Waals surface area (Å²) in [4.78, 5) is 29.5. The highest BCUT2D eigenvalue weighted by Crippen LogP contribution is 2.32. The molecule has 2 saturated heterocycles. The first kappa shape index (κ1) is 21.0. The lowest BCUT2D eigenvalue weighted by Gasteiger charge is -2.33. The summed E-state index contributed by atoms with van der Waals surface area (Å²) in [5.74, 6) is 0.650. The van der Waals surface area contributed by atoms with Gasteiger partial charge in [0.2, 0.25) is 5.91 Å². The van der Waals surface area contributed by atoms with Gasteiger partial charge in [-0.1, -0.05) is 23.2 Å². The Morgan fingerprint density at radius 2 is 1.66 bits per heavy atom. The summed E-state index contributed by atoms with van der Waals surface area (Å²) in [7, 11) is 0. The summed E-state index contributed by atoms with van der Waals surface area (Å²) in [5, 5.41) is 11.7. The molecule has 2 unspecified atom stereocenters. The van der Waals surface area contributed by atoms with Gasteiger partial charge >= 0.3 is 0 Å². The number of halogens is 2. The predicted octanol–water partition coefficient (Wildman–Crippen LogP) is 3.90. The number of hydrogen-bond acceptors (Lipinski definition) is 4. The Labute approximate surface area is 195 Å². The lowest BCUT2D eigenvalue weighted by Crippen LogP contribution is -2.42. The fourth-order valence-corrected chi connectivity index (χ4v) is 5.18. The summed E-state index contributed by atoms with van der Waals surface area (Å²) in [6.45, 7) is 2.71. The van der Waals surface area contributed by atoms with E-state index in [2.05, 4.69) is 15.4 Å². The van der Waals surface area contributed by atoms with Crippen molar-refractivity contribution in [2.24, 2.45) is 11.8 Å². The molecule has 1 aromatic heterocycles. The van der Waals surface area contributed by atoms with Crippen LogP contribution in [0.5, 0.6) is 0 Å². The average molecular weight is 470 g/mol. The smallest absolute Gasteiger partial charge is 0.253 e. The van der Waals surface area contributed by atoms with Gasteiger partial charge in [-0.25, -0.2) is 0 Å². The third kappa shape index (κ3) is 4.23. The molecule has 1 N–H and O–H groups in total. The highest BCUT2D eigenvalue weighted by molar-refractivity contribution is 6.34. The third-order valence-electron chi connectivity index (χ3n) is 6.27. The molecule has 0 saturated carbocycles. The summed E-state index contributed by atoms with van der Waals surface area (Å²) < 4.78 is 0. The van der Waals surface area contributed by atoms with Gasteiger partial charge in [0.05, 0.1) is 0 Å². The van der Waals surface area contributed by atoms with E-state index in [1.54, 1.807) is 48.6 Å². The summed E-state index contributed by atoms with van der Waals surface area (Å²) in [5.41, 5.74) is 2.81. The van der Waals surface area contributed by atoms with Gasteiger partial charge in [-0.3, -0.25) is 9.59 Å². The second kappa shape index (κ2) is 8.56. The van der Waals surface area contributed by atoms with Crippen LogP contribution in [-0.2, 0) is 4.79 Å². The molecule has 2 aliphatic rings. The molecule has 5 rings (SSSR count). The number of piperidine rings is 1. The van der Waals surface area contributed by atoms with E-state index in [1.807, 2.05) is 9.80 Å². The van der Waals surface area contributed by atoms with Gasteiger partial charge in [-0.2, -0.15) is 15.4 Å². The standard InChI is InChI=1S/C23H21Cl2N5O2/c24-18-7-14(8-19(25)10-18)1-4-22(31)29-6-5-16-11-30(13-17(16)12-29)23(32)15-2-3-20-21(9-15)27-28-26-20/h1-4,7-10,16-17H,5-6,11-13H2,(H,26,27,28)/b4-1+. The first-order valence-electron chi connectivity index (χ1n) is 10.5.